The molecule has 1 aromatic carbocycles. The maximum absolute atomic E-state index is 12.0. The first kappa shape index (κ1) is 25.5. The lowest BCUT2D eigenvalue weighted by Crippen LogP contribution is -2.08. The molecule has 0 saturated carbocycles. The molecule has 1 N–H and O–H groups in total. The first-order valence-corrected chi connectivity index (χ1v) is 12.1. The smallest absolute Gasteiger partial charge is 0.311 e. The molecule has 1 aromatic rings. The number of aromatic hydroxyl groups is 1. The van der Waals surface area contributed by atoms with Crippen molar-refractivity contribution in [3.8, 4) is 11.5 Å². The fourth-order valence-electron chi connectivity index (χ4n) is 3.70. The highest BCUT2D eigenvalue weighted by atomic mass is 16.5. The summed E-state index contributed by atoms with van der Waals surface area (Å²) in [4.78, 5) is 12.0. The predicted molar refractivity (Wildman–Crippen MR) is 123 cm³/mol. The Kier molecular flexibility index (Phi) is 14.4. The first-order valence-electron chi connectivity index (χ1n) is 12.1. The van der Waals surface area contributed by atoms with Crippen LogP contribution in [0.3, 0.4) is 0 Å². The summed E-state index contributed by atoms with van der Waals surface area (Å²) in [6, 6.07) is 3.38. The van der Waals surface area contributed by atoms with E-state index in [0.717, 1.165) is 24.0 Å². The molecule has 0 fully saturated rings. The minimum atomic E-state index is -0.173. The molecular weight excluding hydrogens is 360 g/mol. The second-order valence-corrected chi connectivity index (χ2v) is 8.58. The summed E-state index contributed by atoms with van der Waals surface area (Å²) in [6.45, 7) is 5.92. The average molecular weight is 405 g/mol. The van der Waals surface area contributed by atoms with Gasteiger partial charge < -0.3 is 9.84 Å². The van der Waals surface area contributed by atoms with Crippen LogP contribution in [0.25, 0.3) is 0 Å². The molecule has 3 heteroatoms. The van der Waals surface area contributed by atoms with E-state index in [2.05, 4.69) is 6.92 Å². The molecule has 0 aliphatic carbocycles. The number of hydrogen-bond donors (Lipinski definition) is 1. The van der Waals surface area contributed by atoms with E-state index in [-0.39, 0.29) is 11.7 Å². The Hall–Kier alpha value is -1.51. The molecule has 0 atom stereocenters. The minimum Gasteiger partial charge on any atom is -0.508 e. The Morgan fingerprint density at radius 1 is 0.724 bits per heavy atom. The predicted octanol–water partition coefficient (Wildman–Crippen LogP) is 8.18. The number of phenols is 1. The Bertz CT molecular complexity index is 565. The van der Waals surface area contributed by atoms with Gasteiger partial charge >= 0.3 is 5.97 Å². The second kappa shape index (κ2) is 16.3. The lowest BCUT2D eigenvalue weighted by Gasteiger charge is -2.09. The Labute approximate surface area is 179 Å². The Morgan fingerprint density at radius 3 is 1.66 bits per heavy atom. The van der Waals surface area contributed by atoms with Crippen molar-refractivity contribution in [1.82, 2.24) is 0 Å². The third-order valence-corrected chi connectivity index (χ3v) is 5.70. The number of benzene rings is 1. The van der Waals surface area contributed by atoms with E-state index in [9.17, 15) is 9.90 Å². The highest BCUT2D eigenvalue weighted by molar-refractivity contribution is 5.73. The van der Waals surface area contributed by atoms with Gasteiger partial charge in [0.05, 0.1) is 0 Å². The maximum atomic E-state index is 12.0. The van der Waals surface area contributed by atoms with Gasteiger partial charge in [-0.05, 0) is 43.5 Å². The van der Waals surface area contributed by atoms with Crippen molar-refractivity contribution in [2.75, 3.05) is 0 Å². The Balaban J connectivity index is 1.92. The van der Waals surface area contributed by atoms with E-state index in [0.29, 0.717) is 12.2 Å². The lowest BCUT2D eigenvalue weighted by atomic mass is 10.0. The largest absolute Gasteiger partial charge is 0.508 e. The highest BCUT2D eigenvalue weighted by Gasteiger charge is 2.09. The number of esters is 1. The second-order valence-electron chi connectivity index (χ2n) is 8.58. The molecule has 0 spiro atoms. The maximum Gasteiger partial charge on any atom is 0.311 e. The quantitative estimate of drug-likeness (QED) is 0.162. The number of unbranched alkanes of at least 4 members (excludes halogenated alkanes) is 14. The van der Waals surface area contributed by atoms with Gasteiger partial charge in [0.25, 0.3) is 0 Å². The zero-order valence-electron chi connectivity index (χ0n) is 19.2. The summed E-state index contributed by atoms with van der Waals surface area (Å²) in [7, 11) is 0. The highest BCUT2D eigenvalue weighted by Crippen LogP contribution is 2.27. The van der Waals surface area contributed by atoms with Crippen LogP contribution in [0.2, 0.25) is 0 Å². The molecule has 0 bridgehead atoms. The van der Waals surface area contributed by atoms with Crippen LogP contribution in [0, 0.1) is 13.8 Å². The van der Waals surface area contributed by atoms with Crippen molar-refractivity contribution < 1.29 is 14.6 Å². The first-order chi connectivity index (χ1) is 14.0. The standard InChI is InChI=1S/C26H44O3/c1-4-5-6-7-8-9-10-11-12-13-14-15-16-17-18-19-26(28)29-25-21-22(2)24(27)20-23(25)3/h20-21,27H,4-19H2,1-3H3. The van der Waals surface area contributed by atoms with Crippen LogP contribution in [-0.2, 0) is 4.79 Å². The number of aryl methyl sites for hydroxylation is 2. The van der Waals surface area contributed by atoms with Crippen molar-refractivity contribution in [1.29, 1.82) is 0 Å². The summed E-state index contributed by atoms with van der Waals surface area (Å²) in [5.41, 5.74) is 1.52. The van der Waals surface area contributed by atoms with Gasteiger partial charge in [0.2, 0.25) is 0 Å². The molecule has 0 saturated heterocycles. The molecule has 0 unspecified atom stereocenters. The van der Waals surface area contributed by atoms with Gasteiger partial charge in [0.15, 0.2) is 0 Å². The number of phenolic OH excluding ortho intramolecular Hbond substituents is 1. The zero-order chi connectivity index (χ0) is 21.3. The third kappa shape index (κ3) is 12.6. The molecule has 29 heavy (non-hydrogen) atoms. The fourth-order valence-corrected chi connectivity index (χ4v) is 3.70. The molecule has 1 rings (SSSR count). The van der Waals surface area contributed by atoms with Gasteiger partial charge in [0.1, 0.15) is 11.5 Å². The number of carbonyl (C=O) groups is 1. The van der Waals surface area contributed by atoms with Crippen LogP contribution in [0.1, 0.15) is 121 Å². The minimum absolute atomic E-state index is 0.173. The normalized spacial score (nSPS) is 11.0. The third-order valence-electron chi connectivity index (χ3n) is 5.70. The summed E-state index contributed by atoms with van der Waals surface area (Å²) in [5.74, 6) is 0.629. The molecule has 166 valence electrons. The van der Waals surface area contributed by atoms with E-state index in [1.807, 2.05) is 6.92 Å². The lowest BCUT2D eigenvalue weighted by molar-refractivity contribution is -0.134. The van der Waals surface area contributed by atoms with Crippen molar-refractivity contribution in [3.05, 3.63) is 23.3 Å². The number of hydrogen-bond acceptors (Lipinski definition) is 3. The van der Waals surface area contributed by atoms with Gasteiger partial charge in [-0.3, -0.25) is 4.79 Å². The molecule has 0 aliphatic rings. The number of ether oxygens (including phenoxy) is 1. The molecule has 3 nitrogen and oxygen atoms in total. The molecule has 0 aliphatic heterocycles. The van der Waals surface area contributed by atoms with Gasteiger partial charge in [-0.2, -0.15) is 0 Å². The van der Waals surface area contributed by atoms with Crippen molar-refractivity contribution in [2.45, 2.75) is 124 Å². The van der Waals surface area contributed by atoms with Crippen molar-refractivity contribution in [3.63, 3.8) is 0 Å². The van der Waals surface area contributed by atoms with Crippen LogP contribution >= 0.6 is 0 Å². The molecule has 0 amide bonds. The van der Waals surface area contributed by atoms with Crippen molar-refractivity contribution in [2.24, 2.45) is 0 Å². The van der Waals surface area contributed by atoms with E-state index in [4.69, 9.17) is 4.74 Å². The molecular formula is C26H44O3. The van der Waals surface area contributed by atoms with Gasteiger partial charge in [0, 0.05) is 6.42 Å². The van der Waals surface area contributed by atoms with Gasteiger partial charge in [-0.15, -0.1) is 0 Å². The average Bonchev–Trinajstić information content (AvgIpc) is 2.69. The number of carbonyl (C=O) groups excluding carboxylic acids is 1. The van der Waals surface area contributed by atoms with E-state index >= 15 is 0 Å². The van der Waals surface area contributed by atoms with E-state index in [1.54, 1.807) is 19.1 Å². The summed E-state index contributed by atoms with van der Waals surface area (Å²) in [5, 5.41) is 9.67. The van der Waals surface area contributed by atoms with E-state index < -0.39 is 0 Å². The van der Waals surface area contributed by atoms with E-state index in [1.165, 1.54) is 83.5 Å². The summed E-state index contributed by atoms with van der Waals surface area (Å²) in [6.07, 6.45) is 20.3. The summed E-state index contributed by atoms with van der Waals surface area (Å²) >= 11 is 0. The Morgan fingerprint density at radius 2 is 1.17 bits per heavy atom. The van der Waals surface area contributed by atoms with Crippen LogP contribution in [-0.4, -0.2) is 11.1 Å². The van der Waals surface area contributed by atoms with Crippen LogP contribution < -0.4 is 4.74 Å². The SMILES string of the molecule is CCCCCCCCCCCCCCCCCC(=O)Oc1cc(C)c(O)cc1C. The van der Waals surface area contributed by atoms with Gasteiger partial charge in [-0.25, -0.2) is 0 Å². The monoisotopic (exact) mass is 404 g/mol. The van der Waals surface area contributed by atoms with Crippen molar-refractivity contribution >= 4 is 5.97 Å². The van der Waals surface area contributed by atoms with Crippen LogP contribution in [0.15, 0.2) is 12.1 Å². The number of rotatable bonds is 17. The molecule has 0 heterocycles. The summed E-state index contributed by atoms with van der Waals surface area (Å²) < 4.78 is 5.45. The molecule has 0 radical (unpaired) electrons. The van der Waals surface area contributed by atoms with Crippen LogP contribution in [0.4, 0.5) is 0 Å². The molecule has 0 aromatic heterocycles. The fraction of sp³-hybridized carbons (Fsp3) is 0.731. The van der Waals surface area contributed by atoms with Crippen LogP contribution in [0.5, 0.6) is 11.5 Å². The zero-order valence-corrected chi connectivity index (χ0v) is 19.2. The van der Waals surface area contributed by atoms with Gasteiger partial charge in [-0.1, -0.05) is 96.8 Å². The topological polar surface area (TPSA) is 46.5 Å².